The summed E-state index contributed by atoms with van der Waals surface area (Å²) in [5.41, 5.74) is 3.96. The first-order valence-electron chi connectivity index (χ1n) is 11.7. The molecule has 0 N–H and O–H groups in total. The van der Waals surface area contributed by atoms with Gasteiger partial charge in [-0.25, -0.2) is 0 Å². The number of rotatable bonds is 6. The van der Waals surface area contributed by atoms with Gasteiger partial charge in [0.15, 0.2) is 11.5 Å². The molecular formula is C27H28ClNO4S. The molecule has 3 heterocycles. The van der Waals surface area contributed by atoms with Crippen molar-refractivity contribution in [3.63, 3.8) is 0 Å². The van der Waals surface area contributed by atoms with Gasteiger partial charge >= 0.3 is 0 Å². The molecule has 3 aromatic rings. The van der Waals surface area contributed by atoms with Crippen LogP contribution in [0, 0.1) is 0 Å². The molecule has 5 rings (SSSR count). The van der Waals surface area contributed by atoms with Crippen LogP contribution in [-0.4, -0.2) is 43.3 Å². The number of hydrogen-bond acceptors (Lipinski definition) is 5. The molecule has 5 nitrogen and oxygen atoms in total. The van der Waals surface area contributed by atoms with Gasteiger partial charge in [0.25, 0.3) is 0 Å². The molecule has 0 unspecified atom stereocenters. The van der Waals surface area contributed by atoms with E-state index in [1.807, 2.05) is 52.1 Å². The Morgan fingerprint density at radius 3 is 2.88 bits per heavy atom. The average molecular weight is 498 g/mol. The van der Waals surface area contributed by atoms with E-state index in [0.717, 1.165) is 48.1 Å². The lowest BCUT2D eigenvalue weighted by molar-refractivity contribution is -0.131. The second-order valence-electron chi connectivity index (χ2n) is 8.74. The number of fused-ring (bicyclic) bond motifs is 1. The number of amides is 1. The number of hydrogen-bond donors (Lipinski definition) is 0. The predicted octanol–water partition coefficient (Wildman–Crippen LogP) is 5.98. The quantitative estimate of drug-likeness (QED) is 0.420. The minimum atomic E-state index is 0.0914. The summed E-state index contributed by atoms with van der Waals surface area (Å²) >= 11 is 7.88. The van der Waals surface area contributed by atoms with Gasteiger partial charge in [0, 0.05) is 23.7 Å². The SMILES string of the molecule is O=C(Cc1ccsc1)N1CCOc2c(cc(-c3cccc(Cl)c3)cc2OC[C@H]2CCCCO2)C1. The van der Waals surface area contributed by atoms with E-state index in [9.17, 15) is 4.79 Å². The highest BCUT2D eigenvalue weighted by atomic mass is 35.5. The normalized spacial score (nSPS) is 18.0. The van der Waals surface area contributed by atoms with Crippen molar-refractivity contribution in [3.05, 3.63) is 69.4 Å². The number of thiophene rings is 1. The monoisotopic (exact) mass is 497 g/mol. The second kappa shape index (κ2) is 10.8. The maximum atomic E-state index is 13.1. The summed E-state index contributed by atoms with van der Waals surface area (Å²) in [4.78, 5) is 14.9. The minimum Gasteiger partial charge on any atom is -0.487 e. The standard InChI is InChI=1S/C27H28ClNO4S/c28-23-5-3-4-20(14-23)21-13-22-16-29(26(30)12-19-7-11-34-18-19)8-10-32-27(22)25(15-21)33-17-24-6-1-2-9-31-24/h3-5,7,11,13-15,18,24H,1-2,6,8-10,12,16-17H2/t24-/m1/s1. The lowest BCUT2D eigenvalue weighted by Crippen LogP contribution is -2.33. The molecule has 1 saturated heterocycles. The predicted molar refractivity (Wildman–Crippen MR) is 135 cm³/mol. The van der Waals surface area contributed by atoms with Gasteiger partial charge in [-0.3, -0.25) is 4.79 Å². The van der Waals surface area contributed by atoms with Crippen molar-refractivity contribution in [2.75, 3.05) is 26.4 Å². The lowest BCUT2D eigenvalue weighted by Gasteiger charge is -2.24. The molecule has 1 atom stereocenters. The highest BCUT2D eigenvalue weighted by Gasteiger charge is 2.25. The Labute approximate surface area is 209 Å². The van der Waals surface area contributed by atoms with Crippen LogP contribution in [0.2, 0.25) is 5.02 Å². The third-order valence-electron chi connectivity index (χ3n) is 6.25. The molecule has 2 aliphatic heterocycles. The van der Waals surface area contributed by atoms with E-state index in [1.165, 1.54) is 0 Å². The van der Waals surface area contributed by atoms with Crippen LogP contribution >= 0.6 is 22.9 Å². The molecule has 0 radical (unpaired) electrons. The van der Waals surface area contributed by atoms with Gasteiger partial charge in [0.2, 0.25) is 5.91 Å². The fourth-order valence-electron chi connectivity index (χ4n) is 4.44. The third-order valence-corrected chi connectivity index (χ3v) is 7.21. The van der Waals surface area contributed by atoms with Crippen LogP contribution in [0.1, 0.15) is 30.4 Å². The summed E-state index contributed by atoms with van der Waals surface area (Å²) in [6, 6.07) is 13.9. The van der Waals surface area contributed by atoms with Crippen molar-refractivity contribution in [2.45, 2.75) is 38.3 Å². The number of nitrogens with zero attached hydrogens (tertiary/aromatic N) is 1. The molecule has 7 heteroatoms. The van der Waals surface area contributed by atoms with E-state index >= 15 is 0 Å². The first-order chi connectivity index (χ1) is 16.7. The van der Waals surface area contributed by atoms with Crippen LogP contribution in [0.15, 0.2) is 53.2 Å². The van der Waals surface area contributed by atoms with Crippen molar-refractivity contribution < 1.29 is 19.0 Å². The Morgan fingerprint density at radius 1 is 1.15 bits per heavy atom. The van der Waals surface area contributed by atoms with Gasteiger partial charge in [-0.15, -0.1) is 0 Å². The fourth-order valence-corrected chi connectivity index (χ4v) is 5.30. The molecule has 0 bridgehead atoms. The number of ether oxygens (including phenoxy) is 3. The maximum absolute atomic E-state index is 13.1. The zero-order valence-corrected chi connectivity index (χ0v) is 20.6. The van der Waals surface area contributed by atoms with Crippen molar-refractivity contribution in [1.82, 2.24) is 4.90 Å². The highest BCUT2D eigenvalue weighted by molar-refractivity contribution is 7.08. The van der Waals surface area contributed by atoms with Crippen LogP contribution in [0.5, 0.6) is 11.5 Å². The molecular weight excluding hydrogens is 470 g/mol. The van der Waals surface area contributed by atoms with Gasteiger partial charge in [-0.05, 0) is 77.0 Å². The van der Waals surface area contributed by atoms with Gasteiger partial charge < -0.3 is 19.1 Å². The largest absolute Gasteiger partial charge is 0.487 e. The van der Waals surface area contributed by atoms with Gasteiger partial charge in [0.1, 0.15) is 13.2 Å². The molecule has 0 saturated carbocycles. The van der Waals surface area contributed by atoms with Crippen molar-refractivity contribution in [2.24, 2.45) is 0 Å². The summed E-state index contributed by atoms with van der Waals surface area (Å²) < 4.78 is 18.3. The van der Waals surface area contributed by atoms with Crippen LogP contribution in [0.4, 0.5) is 0 Å². The average Bonchev–Trinajstić information content (AvgIpc) is 3.26. The zero-order valence-electron chi connectivity index (χ0n) is 19.0. The van der Waals surface area contributed by atoms with Gasteiger partial charge in [-0.2, -0.15) is 11.3 Å². The van der Waals surface area contributed by atoms with E-state index in [-0.39, 0.29) is 12.0 Å². The van der Waals surface area contributed by atoms with Crippen LogP contribution in [-0.2, 0) is 22.5 Å². The smallest absolute Gasteiger partial charge is 0.227 e. The zero-order chi connectivity index (χ0) is 23.3. The van der Waals surface area contributed by atoms with Crippen molar-refractivity contribution >= 4 is 28.8 Å². The van der Waals surface area contributed by atoms with E-state index in [1.54, 1.807) is 11.3 Å². The topological polar surface area (TPSA) is 48.0 Å². The minimum absolute atomic E-state index is 0.0914. The van der Waals surface area contributed by atoms with Crippen LogP contribution in [0.3, 0.4) is 0 Å². The maximum Gasteiger partial charge on any atom is 0.227 e. The van der Waals surface area contributed by atoms with Crippen molar-refractivity contribution in [3.8, 4) is 22.6 Å². The van der Waals surface area contributed by atoms with Crippen LogP contribution in [0.25, 0.3) is 11.1 Å². The lowest BCUT2D eigenvalue weighted by atomic mass is 10.0. The number of halogens is 1. The molecule has 0 spiro atoms. The first kappa shape index (κ1) is 23.2. The molecule has 1 amide bonds. The summed E-state index contributed by atoms with van der Waals surface area (Å²) in [5.74, 6) is 1.50. The highest BCUT2D eigenvalue weighted by Crippen LogP contribution is 2.39. The molecule has 1 aromatic heterocycles. The third kappa shape index (κ3) is 5.57. The Morgan fingerprint density at radius 2 is 2.09 bits per heavy atom. The van der Waals surface area contributed by atoms with E-state index in [2.05, 4.69) is 6.07 Å². The summed E-state index contributed by atoms with van der Waals surface area (Å²) in [6.45, 7) is 2.70. The Bertz CT molecular complexity index is 1130. The van der Waals surface area contributed by atoms with E-state index in [4.69, 9.17) is 25.8 Å². The Kier molecular flexibility index (Phi) is 7.38. The number of carbonyl (C=O) groups is 1. The van der Waals surface area contributed by atoms with Crippen LogP contribution < -0.4 is 9.47 Å². The first-order valence-corrected chi connectivity index (χ1v) is 13.1. The Balaban J connectivity index is 1.44. The number of benzene rings is 2. The molecule has 1 fully saturated rings. The Hall–Kier alpha value is -2.54. The summed E-state index contributed by atoms with van der Waals surface area (Å²) in [7, 11) is 0. The molecule has 2 aliphatic rings. The van der Waals surface area contributed by atoms with E-state index < -0.39 is 0 Å². The fraction of sp³-hybridized carbons (Fsp3) is 0.370. The second-order valence-corrected chi connectivity index (χ2v) is 9.96. The van der Waals surface area contributed by atoms with E-state index in [0.29, 0.717) is 49.2 Å². The molecule has 178 valence electrons. The summed E-state index contributed by atoms with van der Waals surface area (Å²) in [6.07, 6.45) is 3.76. The summed E-state index contributed by atoms with van der Waals surface area (Å²) in [5, 5.41) is 4.70. The molecule has 34 heavy (non-hydrogen) atoms. The number of carbonyl (C=O) groups excluding carboxylic acids is 1. The molecule has 0 aliphatic carbocycles. The van der Waals surface area contributed by atoms with Crippen molar-refractivity contribution in [1.29, 1.82) is 0 Å². The van der Waals surface area contributed by atoms with Gasteiger partial charge in [0.05, 0.1) is 19.1 Å². The van der Waals surface area contributed by atoms with Gasteiger partial charge in [-0.1, -0.05) is 23.7 Å². The molecule has 2 aromatic carbocycles.